The molecule has 7 heteroatoms. The molecule has 1 N–H and O–H groups in total. The van der Waals surface area contributed by atoms with Gasteiger partial charge in [-0.1, -0.05) is 13.0 Å². The lowest BCUT2D eigenvalue weighted by atomic mass is 10.2. The van der Waals surface area contributed by atoms with Gasteiger partial charge in [-0.15, -0.1) is 0 Å². The van der Waals surface area contributed by atoms with Crippen molar-refractivity contribution in [1.29, 1.82) is 0 Å². The van der Waals surface area contributed by atoms with Gasteiger partial charge in [-0.2, -0.15) is 11.8 Å². The standard InChI is InChI=1S/C13H18FNO3S2/c1-2-20(17,18)13-9-19-6-5-15(13)12-4-3-10(8-16)7-11(12)14/h3-4,7,13,16H,2,5-6,8-9H2,1H3. The Morgan fingerprint density at radius 1 is 1.50 bits per heavy atom. The molecular weight excluding hydrogens is 301 g/mol. The van der Waals surface area contributed by atoms with Crippen molar-refractivity contribution in [2.75, 3.05) is 28.7 Å². The van der Waals surface area contributed by atoms with Crippen LogP contribution in [-0.4, -0.2) is 42.7 Å². The molecule has 1 aliphatic rings. The van der Waals surface area contributed by atoms with Crippen molar-refractivity contribution >= 4 is 27.3 Å². The Hall–Kier alpha value is -0.790. The molecule has 0 spiro atoms. The summed E-state index contributed by atoms with van der Waals surface area (Å²) in [5, 5.41) is 8.32. The first kappa shape index (κ1) is 15.6. The Bertz CT molecular complexity index is 577. The third-order valence-electron chi connectivity index (χ3n) is 3.41. The van der Waals surface area contributed by atoms with Gasteiger partial charge in [0.1, 0.15) is 11.2 Å². The van der Waals surface area contributed by atoms with E-state index in [2.05, 4.69) is 0 Å². The highest BCUT2D eigenvalue weighted by molar-refractivity contribution is 8.01. The molecule has 1 saturated heterocycles. The molecule has 1 atom stereocenters. The molecule has 1 aromatic carbocycles. The Morgan fingerprint density at radius 2 is 2.25 bits per heavy atom. The molecule has 0 aliphatic carbocycles. The number of aliphatic hydroxyl groups excluding tert-OH is 1. The molecule has 1 heterocycles. The van der Waals surface area contributed by atoms with Gasteiger partial charge < -0.3 is 10.0 Å². The first-order valence-electron chi connectivity index (χ1n) is 6.45. The van der Waals surface area contributed by atoms with E-state index in [0.29, 0.717) is 23.5 Å². The highest BCUT2D eigenvalue weighted by Gasteiger charge is 2.34. The molecule has 20 heavy (non-hydrogen) atoms. The minimum atomic E-state index is -3.26. The summed E-state index contributed by atoms with van der Waals surface area (Å²) in [4.78, 5) is 1.63. The summed E-state index contributed by atoms with van der Waals surface area (Å²) < 4.78 is 38.4. The number of nitrogens with zero attached hydrogens (tertiary/aromatic N) is 1. The van der Waals surface area contributed by atoms with Crippen molar-refractivity contribution in [2.45, 2.75) is 18.9 Å². The fourth-order valence-electron chi connectivity index (χ4n) is 2.23. The van der Waals surface area contributed by atoms with Crippen LogP contribution in [0.25, 0.3) is 0 Å². The Balaban J connectivity index is 2.38. The minimum Gasteiger partial charge on any atom is -0.392 e. The van der Waals surface area contributed by atoms with Crippen LogP contribution in [0.5, 0.6) is 0 Å². The molecule has 112 valence electrons. The van der Waals surface area contributed by atoms with Crippen LogP contribution >= 0.6 is 11.8 Å². The number of halogens is 1. The Kier molecular flexibility index (Phi) is 4.93. The quantitative estimate of drug-likeness (QED) is 0.914. The number of thioether (sulfide) groups is 1. The van der Waals surface area contributed by atoms with E-state index in [1.807, 2.05) is 0 Å². The summed E-state index contributed by atoms with van der Waals surface area (Å²) in [6, 6.07) is 4.43. The zero-order valence-corrected chi connectivity index (χ0v) is 12.9. The van der Waals surface area contributed by atoms with E-state index in [1.54, 1.807) is 35.7 Å². The molecule has 0 amide bonds. The van der Waals surface area contributed by atoms with Crippen molar-refractivity contribution in [3.63, 3.8) is 0 Å². The summed E-state index contributed by atoms with van der Waals surface area (Å²) in [5.74, 6) is 0.791. The van der Waals surface area contributed by atoms with Crippen molar-refractivity contribution in [2.24, 2.45) is 0 Å². The third kappa shape index (κ3) is 3.10. The smallest absolute Gasteiger partial charge is 0.171 e. The molecule has 1 aromatic rings. The van der Waals surface area contributed by atoms with E-state index in [-0.39, 0.29) is 12.4 Å². The maximum atomic E-state index is 14.1. The molecule has 1 fully saturated rings. The summed E-state index contributed by atoms with van der Waals surface area (Å²) >= 11 is 1.57. The Labute approximate surface area is 122 Å². The number of hydrogen-bond acceptors (Lipinski definition) is 5. The fraction of sp³-hybridized carbons (Fsp3) is 0.538. The van der Waals surface area contributed by atoms with Crippen LogP contribution in [-0.2, 0) is 16.4 Å². The highest BCUT2D eigenvalue weighted by atomic mass is 32.2. The van der Waals surface area contributed by atoms with Crippen LogP contribution in [0.2, 0.25) is 0 Å². The zero-order valence-electron chi connectivity index (χ0n) is 11.3. The zero-order chi connectivity index (χ0) is 14.8. The Morgan fingerprint density at radius 3 is 2.85 bits per heavy atom. The van der Waals surface area contributed by atoms with Crippen LogP contribution in [0.1, 0.15) is 12.5 Å². The number of aliphatic hydroxyl groups is 1. The predicted molar refractivity (Wildman–Crippen MR) is 80.2 cm³/mol. The summed E-state index contributed by atoms with van der Waals surface area (Å²) in [6.45, 7) is 1.88. The van der Waals surface area contributed by atoms with Crippen molar-refractivity contribution in [3.8, 4) is 0 Å². The predicted octanol–water partition coefficient (Wildman–Crippen LogP) is 1.63. The van der Waals surface area contributed by atoms with E-state index in [1.165, 1.54) is 6.07 Å². The van der Waals surface area contributed by atoms with E-state index < -0.39 is 21.0 Å². The second-order valence-corrected chi connectivity index (χ2v) is 8.22. The lowest BCUT2D eigenvalue weighted by molar-refractivity contribution is 0.281. The SMILES string of the molecule is CCS(=O)(=O)C1CSCCN1c1ccc(CO)cc1F. The molecule has 0 radical (unpaired) electrons. The lowest BCUT2D eigenvalue weighted by Crippen LogP contribution is -2.48. The van der Waals surface area contributed by atoms with Gasteiger partial charge in [0.15, 0.2) is 9.84 Å². The van der Waals surface area contributed by atoms with Gasteiger partial charge in [0.25, 0.3) is 0 Å². The maximum Gasteiger partial charge on any atom is 0.171 e. The number of rotatable bonds is 4. The van der Waals surface area contributed by atoms with Crippen LogP contribution in [0.15, 0.2) is 18.2 Å². The molecule has 1 aliphatic heterocycles. The molecule has 0 saturated carbocycles. The average molecular weight is 319 g/mol. The second kappa shape index (κ2) is 6.32. The summed E-state index contributed by atoms with van der Waals surface area (Å²) in [6.07, 6.45) is 0. The summed E-state index contributed by atoms with van der Waals surface area (Å²) in [7, 11) is -3.26. The first-order chi connectivity index (χ1) is 9.49. The average Bonchev–Trinajstić information content (AvgIpc) is 2.47. The van der Waals surface area contributed by atoms with Crippen LogP contribution in [0.4, 0.5) is 10.1 Å². The normalized spacial score (nSPS) is 20.1. The van der Waals surface area contributed by atoms with E-state index >= 15 is 0 Å². The monoisotopic (exact) mass is 319 g/mol. The summed E-state index contributed by atoms with van der Waals surface area (Å²) in [5.41, 5.74) is 0.775. The first-order valence-corrected chi connectivity index (χ1v) is 9.32. The van der Waals surface area contributed by atoms with Gasteiger partial charge in [0.05, 0.1) is 12.3 Å². The number of sulfone groups is 1. The number of hydrogen-bond donors (Lipinski definition) is 1. The molecule has 0 bridgehead atoms. The van der Waals surface area contributed by atoms with Gasteiger partial charge in [-0.3, -0.25) is 0 Å². The van der Waals surface area contributed by atoms with Crippen molar-refractivity contribution < 1.29 is 17.9 Å². The lowest BCUT2D eigenvalue weighted by Gasteiger charge is -2.36. The number of anilines is 1. The molecule has 2 rings (SSSR count). The van der Waals surface area contributed by atoms with E-state index in [0.717, 1.165) is 5.75 Å². The number of benzene rings is 1. The van der Waals surface area contributed by atoms with Crippen LogP contribution < -0.4 is 4.90 Å². The second-order valence-electron chi connectivity index (χ2n) is 4.62. The van der Waals surface area contributed by atoms with Crippen LogP contribution in [0.3, 0.4) is 0 Å². The topological polar surface area (TPSA) is 57.6 Å². The largest absolute Gasteiger partial charge is 0.392 e. The van der Waals surface area contributed by atoms with Gasteiger partial charge in [0.2, 0.25) is 0 Å². The third-order valence-corrected chi connectivity index (χ3v) is 6.69. The van der Waals surface area contributed by atoms with Crippen molar-refractivity contribution in [3.05, 3.63) is 29.6 Å². The van der Waals surface area contributed by atoms with Gasteiger partial charge >= 0.3 is 0 Å². The maximum absolute atomic E-state index is 14.1. The van der Waals surface area contributed by atoms with Crippen LogP contribution in [0, 0.1) is 5.82 Å². The molecule has 0 aromatic heterocycles. The van der Waals surface area contributed by atoms with E-state index in [9.17, 15) is 12.8 Å². The highest BCUT2D eigenvalue weighted by Crippen LogP contribution is 2.29. The fourth-order valence-corrected chi connectivity index (χ4v) is 5.21. The van der Waals surface area contributed by atoms with E-state index in [4.69, 9.17) is 5.11 Å². The van der Waals surface area contributed by atoms with Crippen molar-refractivity contribution in [1.82, 2.24) is 0 Å². The van der Waals surface area contributed by atoms with Gasteiger partial charge in [-0.05, 0) is 17.7 Å². The van der Waals surface area contributed by atoms with Gasteiger partial charge in [0, 0.05) is 23.8 Å². The molecule has 1 unspecified atom stereocenters. The molecule has 4 nitrogen and oxygen atoms in total. The van der Waals surface area contributed by atoms with Gasteiger partial charge in [-0.25, -0.2) is 12.8 Å². The minimum absolute atomic E-state index is 0.0467. The molecular formula is C13H18FNO3S2.